The molecule has 1 N–H and O–H groups in total. The summed E-state index contributed by atoms with van der Waals surface area (Å²) in [5.41, 5.74) is 0. The van der Waals surface area contributed by atoms with Crippen molar-refractivity contribution < 1.29 is 13.2 Å². The molecule has 0 saturated heterocycles. The molecule has 1 rings (SSSR count). The number of hydrogen-bond acceptors (Lipinski definition) is 2. The quantitative estimate of drug-likeness (QED) is 0.790. The van der Waals surface area contributed by atoms with E-state index in [0.717, 1.165) is 19.3 Å². The van der Waals surface area contributed by atoms with Gasteiger partial charge in [0.25, 0.3) is 0 Å². The summed E-state index contributed by atoms with van der Waals surface area (Å²) in [6.45, 7) is 1.59. The van der Waals surface area contributed by atoms with Gasteiger partial charge in [-0.3, -0.25) is 0 Å². The van der Waals surface area contributed by atoms with Gasteiger partial charge in [-0.15, -0.1) is 0 Å². The molecular weight excluding hydrogens is 205 g/mol. The normalized spacial score (nSPS) is 21.5. The lowest BCUT2D eigenvalue weighted by Gasteiger charge is -2.32. The molecule has 0 spiro atoms. The van der Waals surface area contributed by atoms with Gasteiger partial charge < -0.3 is 5.32 Å². The molecule has 2 unspecified atom stereocenters. The van der Waals surface area contributed by atoms with Crippen LogP contribution >= 0.6 is 0 Å². The monoisotopic (exact) mass is 220 g/mol. The highest BCUT2D eigenvalue weighted by Crippen LogP contribution is 2.30. The van der Waals surface area contributed by atoms with Gasteiger partial charge in [0.2, 0.25) is 0 Å². The summed E-state index contributed by atoms with van der Waals surface area (Å²) in [6.07, 6.45) is -1.09. The van der Waals surface area contributed by atoms with Crippen LogP contribution in [0.2, 0.25) is 0 Å². The summed E-state index contributed by atoms with van der Waals surface area (Å²) in [7, 11) is 0. The summed E-state index contributed by atoms with van der Waals surface area (Å²) >= 11 is 0. The van der Waals surface area contributed by atoms with Crippen molar-refractivity contribution in [3.63, 3.8) is 0 Å². The molecule has 86 valence electrons. The van der Waals surface area contributed by atoms with Gasteiger partial charge in [0.1, 0.15) is 0 Å². The van der Waals surface area contributed by atoms with Gasteiger partial charge >= 0.3 is 6.18 Å². The summed E-state index contributed by atoms with van der Waals surface area (Å²) < 4.78 is 36.6. The Bertz CT molecular complexity index is 240. The lowest BCUT2D eigenvalue weighted by molar-refractivity contribution is -0.158. The Morgan fingerprint density at radius 1 is 1.47 bits per heavy atom. The molecule has 2 atom stereocenters. The fraction of sp³-hybridized carbons (Fsp3) is 0.900. The van der Waals surface area contributed by atoms with Crippen molar-refractivity contribution in [2.75, 3.05) is 6.54 Å². The zero-order valence-electron chi connectivity index (χ0n) is 8.64. The third-order valence-electron chi connectivity index (χ3n) is 3.05. The minimum absolute atomic E-state index is 0.0805. The van der Waals surface area contributed by atoms with Gasteiger partial charge in [-0.05, 0) is 25.7 Å². The van der Waals surface area contributed by atoms with Crippen LogP contribution in [-0.4, -0.2) is 18.8 Å². The van der Waals surface area contributed by atoms with Crippen molar-refractivity contribution >= 4 is 0 Å². The van der Waals surface area contributed by atoms with E-state index in [4.69, 9.17) is 5.26 Å². The van der Waals surface area contributed by atoms with E-state index in [1.165, 1.54) is 6.07 Å². The van der Waals surface area contributed by atoms with Crippen molar-refractivity contribution in [3.8, 4) is 6.07 Å². The van der Waals surface area contributed by atoms with E-state index in [2.05, 4.69) is 5.32 Å². The van der Waals surface area contributed by atoms with Gasteiger partial charge in [0.15, 0.2) is 5.92 Å². The largest absolute Gasteiger partial charge is 0.405 e. The third kappa shape index (κ3) is 3.38. The molecular formula is C10H15F3N2. The summed E-state index contributed by atoms with van der Waals surface area (Å²) in [5, 5.41) is 11.2. The lowest BCUT2D eigenvalue weighted by atomic mass is 9.80. The molecule has 1 aliphatic rings. The molecule has 0 heterocycles. The Hall–Kier alpha value is -0.760. The van der Waals surface area contributed by atoms with E-state index >= 15 is 0 Å². The van der Waals surface area contributed by atoms with Crippen molar-refractivity contribution in [1.82, 2.24) is 5.32 Å². The number of nitrogens with zero attached hydrogens (tertiary/aromatic N) is 1. The van der Waals surface area contributed by atoms with Crippen LogP contribution in [-0.2, 0) is 0 Å². The SMILES string of the molecule is CC(NCC(C#N)C(F)(F)F)C1CCC1. The fourth-order valence-corrected chi connectivity index (χ4v) is 1.64. The Labute approximate surface area is 87.5 Å². The van der Waals surface area contributed by atoms with E-state index in [1.54, 1.807) is 0 Å². The predicted molar refractivity (Wildman–Crippen MR) is 50.0 cm³/mol. The highest BCUT2D eigenvalue weighted by Gasteiger charge is 2.40. The highest BCUT2D eigenvalue weighted by molar-refractivity contribution is 4.91. The first-order valence-electron chi connectivity index (χ1n) is 5.15. The Morgan fingerprint density at radius 2 is 2.07 bits per heavy atom. The van der Waals surface area contributed by atoms with Gasteiger partial charge in [-0.2, -0.15) is 18.4 Å². The van der Waals surface area contributed by atoms with Crippen molar-refractivity contribution in [2.45, 2.75) is 38.4 Å². The van der Waals surface area contributed by atoms with Crippen LogP contribution in [0.1, 0.15) is 26.2 Å². The smallest absolute Gasteiger partial charge is 0.312 e. The van der Waals surface area contributed by atoms with Crippen LogP contribution in [0.25, 0.3) is 0 Å². The number of nitriles is 1. The number of hydrogen-bond donors (Lipinski definition) is 1. The highest BCUT2D eigenvalue weighted by atomic mass is 19.4. The minimum Gasteiger partial charge on any atom is -0.312 e. The van der Waals surface area contributed by atoms with E-state index in [1.807, 2.05) is 6.92 Å². The van der Waals surface area contributed by atoms with Crippen LogP contribution in [0.4, 0.5) is 13.2 Å². The first-order valence-corrected chi connectivity index (χ1v) is 5.15. The molecule has 0 aromatic rings. The molecule has 1 fully saturated rings. The number of nitrogens with one attached hydrogen (secondary N) is 1. The maximum Gasteiger partial charge on any atom is 0.405 e. The van der Waals surface area contributed by atoms with Crippen LogP contribution < -0.4 is 5.32 Å². The number of rotatable bonds is 4. The maximum absolute atomic E-state index is 12.2. The Kier molecular flexibility index (Phi) is 3.97. The second-order valence-electron chi connectivity index (χ2n) is 4.11. The molecule has 0 amide bonds. The molecule has 0 radical (unpaired) electrons. The first-order chi connectivity index (χ1) is 6.95. The van der Waals surface area contributed by atoms with Gasteiger partial charge in [-0.25, -0.2) is 0 Å². The van der Waals surface area contributed by atoms with Crippen LogP contribution in [0, 0.1) is 23.2 Å². The van der Waals surface area contributed by atoms with Gasteiger partial charge in [0, 0.05) is 12.6 Å². The molecule has 1 aliphatic carbocycles. The standard InChI is InChI=1S/C10H15F3N2/c1-7(8-3-2-4-8)15-6-9(5-14)10(11,12)13/h7-9,15H,2-4,6H2,1H3. The zero-order chi connectivity index (χ0) is 11.5. The van der Waals surface area contributed by atoms with Crippen molar-refractivity contribution in [2.24, 2.45) is 11.8 Å². The molecule has 0 aromatic heterocycles. The summed E-state index contributed by atoms with van der Waals surface area (Å²) in [4.78, 5) is 0. The molecule has 2 nitrogen and oxygen atoms in total. The molecule has 5 heteroatoms. The van der Waals surface area contributed by atoms with Crippen LogP contribution in [0.3, 0.4) is 0 Å². The van der Waals surface area contributed by atoms with Gasteiger partial charge in [0.05, 0.1) is 6.07 Å². The fourth-order valence-electron chi connectivity index (χ4n) is 1.64. The molecule has 0 aromatic carbocycles. The third-order valence-corrected chi connectivity index (χ3v) is 3.05. The molecule has 0 bridgehead atoms. The molecule has 0 aliphatic heterocycles. The van der Waals surface area contributed by atoms with Crippen molar-refractivity contribution in [1.29, 1.82) is 5.26 Å². The number of halogens is 3. The van der Waals surface area contributed by atoms with Crippen LogP contribution in [0.5, 0.6) is 0 Å². The van der Waals surface area contributed by atoms with E-state index in [-0.39, 0.29) is 12.6 Å². The minimum atomic E-state index is -4.42. The predicted octanol–water partition coefficient (Wildman–Crippen LogP) is 2.47. The van der Waals surface area contributed by atoms with E-state index < -0.39 is 12.1 Å². The van der Waals surface area contributed by atoms with E-state index in [0.29, 0.717) is 5.92 Å². The van der Waals surface area contributed by atoms with Crippen LogP contribution in [0.15, 0.2) is 0 Å². The summed E-state index contributed by atoms with van der Waals surface area (Å²) in [6, 6.07) is 1.37. The maximum atomic E-state index is 12.2. The zero-order valence-corrected chi connectivity index (χ0v) is 8.64. The Balaban J connectivity index is 2.31. The van der Waals surface area contributed by atoms with Crippen molar-refractivity contribution in [3.05, 3.63) is 0 Å². The average Bonchev–Trinajstić information content (AvgIpc) is 1.99. The first kappa shape index (κ1) is 12.3. The Morgan fingerprint density at radius 3 is 2.40 bits per heavy atom. The van der Waals surface area contributed by atoms with Gasteiger partial charge in [-0.1, -0.05) is 6.42 Å². The topological polar surface area (TPSA) is 35.8 Å². The summed E-state index contributed by atoms with van der Waals surface area (Å²) in [5.74, 6) is -1.40. The average molecular weight is 220 g/mol. The number of alkyl halides is 3. The second kappa shape index (κ2) is 4.84. The lowest BCUT2D eigenvalue weighted by Crippen LogP contribution is -2.42. The molecule has 15 heavy (non-hydrogen) atoms. The molecule has 1 saturated carbocycles. The van der Waals surface area contributed by atoms with E-state index in [9.17, 15) is 13.2 Å². The second-order valence-corrected chi connectivity index (χ2v) is 4.11.